The molecule has 0 N–H and O–H groups in total. The summed E-state index contributed by atoms with van der Waals surface area (Å²) < 4.78 is 2.41. The van der Waals surface area contributed by atoms with Crippen LogP contribution in [0.3, 0.4) is 0 Å². The van der Waals surface area contributed by atoms with Crippen molar-refractivity contribution in [1.82, 2.24) is 4.57 Å². The van der Waals surface area contributed by atoms with Gasteiger partial charge in [0.25, 0.3) is 0 Å². The third kappa shape index (κ3) is 7.78. The van der Waals surface area contributed by atoms with Crippen molar-refractivity contribution in [2.24, 2.45) is 0 Å². The van der Waals surface area contributed by atoms with Crippen LogP contribution in [0.1, 0.15) is 17.0 Å². The molecule has 3 aliphatic carbocycles. The van der Waals surface area contributed by atoms with E-state index in [1.165, 1.54) is 183 Å². The normalized spacial score (nSPS) is 14.6. The molecule has 20 rings (SSSR count). The molecule has 436 valence electrons. The number of allylic oxidation sites excluding steroid dienone is 2. The zero-order valence-electron chi connectivity index (χ0n) is 51.4. The maximum absolute atomic E-state index is 2.60. The minimum atomic E-state index is 0.0642. The highest BCUT2D eigenvalue weighted by Gasteiger charge is 2.40. The van der Waals surface area contributed by atoms with Crippen molar-refractivity contribution in [3.05, 3.63) is 351 Å². The molecule has 1 aromatic heterocycles. The summed E-state index contributed by atoms with van der Waals surface area (Å²) in [5, 5.41) is 7.70. The topological polar surface area (TPSA) is 8.17 Å². The van der Waals surface area contributed by atoms with Crippen molar-refractivity contribution in [3.8, 4) is 117 Å². The van der Waals surface area contributed by atoms with Gasteiger partial charge in [-0.15, -0.1) is 0 Å². The molecule has 1 aliphatic heterocycles. The lowest BCUT2D eigenvalue weighted by Crippen LogP contribution is -2.29. The van der Waals surface area contributed by atoms with Gasteiger partial charge in [0.1, 0.15) is 0 Å². The summed E-state index contributed by atoms with van der Waals surface area (Å²) in [4.78, 5) is 2.60. The Labute approximate surface area is 546 Å². The number of nitrogens with zero attached hydrogens (tertiary/aromatic N) is 2. The molecular formula is C92H58N2. The first-order chi connectivity index (χ1) is 46.7. The zero-order valence-corrected chi connectivity index (χ0v) is 51.4. The average molecular weight is 1190 g/mol. The van der Waals surface area contributed by atoms with E-state index >= 15 is 0 Å². The largest absolute Gasteiger partial charge is 0.333 e. The summed E-state index contributed by atoms with van der Waals surface area (Å²) in [6.07, 6.45) is 7.48. The van der Waals surface area contributed by atoms with Gasteiger partial charge in [-0.3, -0.25) is 0 Å². The summed E-state index contributed by atoms with van der Waals surface area (Å²) in [5.74, 6) is 0.113. The van der Waals surface area contributed by atoms with Crippen LogP contribution in [0, 0.1) is 0 Å². The molecule has 2 heterocycles. The van der Waals surface area contributed by atoms with E-state index in [9.17, 15) is 0 Å². The molecule has 0 saturated carbocycles. The number of hydrogen-bond donors (Lipinski definition) is 0. The second kappa shape index (κ2) is 20.7. The standard InChI is InChI=1S/C92H58N2/c1-5-23-57(24-6-1)77-55-76(59-45-48-65(49-46-59)93-81-42-16-13-35-68(81)69-36-14-17-43-82(69)93)86(61-27-9-3-10-28-61)92-75-51-50-67(71-38-22-41-74(88(71)75)90(77)92)64-47-52-84-80(54-64)70-37-15-18-44-83(70)94(84)66-34-19-33-63(53-66)79-56-78(58-25-7-2-8-26-58)89-72-39-20-31-60-32-21-40-73(85(60)72)91(89)87(79)62-29-11-4-12-30-62/h1-56,80,84H. The predicted molar refractivity (Wildman–Crippen MR) is 396 cm³/mol. The van der Waals surface area contributed by atoms with Crippen LogP contribution in [0.25, 0.3) is 166 Å². The second-order valence-corrected chi connectivity index (χ2v) is 25.6. The van der Waals surface area contributed by atoms with Gasteiger partial charge in [0.05, 0.1) is 17.1 Å². The van der Waals surface area contributed by atoms with Gasteiger partial charge in [0.2, 0.25) is 0 Å². The summed E-state index contributed by atoms with van der Waals surface area (Å²) >= 11 is 0. The lowest BCUT2D eigenvalue weighted by Gasteiger charge is -2.30. The van der Waals surface area contributed by atoms with E-state index in [2.05, 4.69) is 349 Å². The number of rotatable bonds is 9. The fourth-order valence-electron chi connectivity index (χ4n) is 16.9. The molecule has 94 heavy (non-hydrogen) atoms. The summed E-state index contributed by atoms with van der Waals surface area (Å²) in [6.45, 7) is 0. The molecule has 0 bridgehead atoms. The molecule has 0 radical (unpaired) electrons. The van der Waals surface area contributed by atoms with Crippen molar-refractivity contribution in [3.63, 3.8) is 0 Å². The molecule has 4 aliphatic rings. The maximum Gasteiger partial charge on any atom is 0.0630 e. The fraction of sp³-hybridized carbons (Fsp3) is 0.0217. The minimum Gasteiger partial charge on any atom is -0.333 e. The fourth-order valence-corrected chi connectivity index (χ4v) is 16.9. The Morgan fingerprint density at radius 1 is 0.266 bits per heavy atom. The first-order valence-corrected chi connectivity index (χ1v) is 32.9. The zero-order chi connectivity index (χ0) is 61.5. The lowest BCUT2D eigenvalue weighted by atomic mass is 9.82. The van der Waals surface area contributed by atoms with Crippen LogP contribution in [0.4, 0.5) is 11.4 Å². The molecule has 0 saturated heterocycles. The summed E-state index contributed by atoms with van der Waals surface area (Å²) in [5.41, 5.74) is 34.8. The number of anilines is 2. The molecule has 16 aromatic rings. The number of benzene rings is 15. The van der Waals surface area contributed by atoms with Gasteiger partial charge in [-0.1, -0.05) is 285 Å². The van der Waals surface area contributed by atoms with E-state index in [0.29, 0.717) is 0 Å². The molecule has 0 spiro atoms. The molecule has 2 unspecified atom stereocenters. The third-order valence-corrected chi connectivity index (χ3v) is 20.8. The van der Waals surface area contributed by atoms with Crippen LogP contribution in [-0.4, -0.2) is 10.6 Å². The molecule has 2 heteroatoms. The lowest BCUT2D eigenvalue weighted by molar-refractivity contribution is 0.747. The highest BCUT2D eigenvalue weighted by Crippen LogP contribution is 2.61. The Morgan fingerprint density at radius 2 is 0.723 bits per heavy atom. The number of fused-ring (bicyclic) bond motifs is 12. The van der Waals surface area contributed by atoms with E-state index in [0.717, 1.165) is 5.69 Å². The quantitative estimate of drug-likeness (QED) is 0.140. The predicted octanol–water partition coefficient (Wildman–Crippen LogP) is 24.6. The highest BCUT2D eigenvalue weighted by molar-refractivity contribution is 6.25. The molecule has 0 fully saturated rings. The van der Waals surface area contributed by atoms with Crippen LogP contribution in [0.5, 0.6) is 0 Å². The molecule has 15 aromatic carbocycles. The van der Waals surface area contributed by atoms with Gasteiger partial charge >= 0.3 is 0 Å². The van der Waals surface area contributed by atoms with Crippen molar-refractivity contribution in [2.75, 3.05) is 4.90 Å². The Kier molecular flexibility index (Phi) is 11.6. The van der Waals surface area contributed by atoms with Crippen molar-refractivity contribution in [1.29, 1.82) is 0 Å². The van der Waals surface area contributed by atoms with Gasteiger partial charge in [0.15, 0.2) is 0 Å². The maximum atomic E-state index is 2.60. The van der Waals surface area contributed by atoms with Gasteiger partial charge in [-0.05, 0) is 204 Å². The van der Waals surface area contributed by atoms with E-state index in [1.54, 1.807) is 0 Å². The van der Waals surface area contributed by atoms with Crippen molar-refractivity contribution >= 4 is 60.3 Å². The van der Waals surface area contributed by atoms with Gasteiger partial charge in [-0.2, -0.15) is 0 Å². The van der Waals surface area contributed by atoms with Crippen LogP contribution in [0.2, 0.25) is 0 Å². The Balaban J connectivity index is 0.717. The smallest absolute Gasteiger partial charge is 0.0630 e. The van der Waals surface area contributed by atoms with Crippen LogP contribution in [0.15, 0.2) is 340 Å². The molecular weight excluding hydrogens is 1130 g/mol. The number of para-hydroxylation sites is 3. The number of aromatic nitrogens is 1. The first-order valence-electron chi connectivity index (χ1n) is 32.9. The van der Waals surface area contributed by atoms with Crippen molar-refractivity contribution in [2.45, 2.75) is 12.0 Å². The first kappa shape index (κ1) is 52.7. The summed E-state index contributed by atoms with van der Waals surface area (Å²) in [6, 6.07) is 120. The third-order valence-electron chi connectivity index (χ3n) is 20.8. The Morgan fingerprint density at radius 3 is 1.35 bits per heavy atom. The second-order valence-electron chi connectivity index (χ2n) is 25.6. The van der Waals surface area contributed by atoms with E-state index in [-0.39, 0.29) is 12.0 Å². The monoisotopic (exact) mass is 1190 g/mol. The van der Waals surface area contributed by atoms with Gasteiger partial charge in [0, 0.05) is 33.8 Å². The van der Waals surface area contributed by atoms with E-state index in [4.69, 9.17) is 0 Å². The summed E-state index contributed by atoms with van der Waals surface area (Å²) in [7, 11) is 0. The molecule has 2 atom stereocenters. The Bertz CT molecular complexity index is 5830. The average Bonchev–Trinajstić information content (AvgIpc) is 1.53. The van der Waals surface area contributed by atoms with E-state index < -0.39 is 0 Å². The van der Waals surface area contributed by atoms with Gasteiger partial charge < -0.3 is 9.47 Å². The SMILES string of the molecule is C1=CC2C(C=C1c1ccc3c4c(cccc14)-c1c(-c4ccccc4)cc(-c4ccc(-n5c6ccccc6c6ccccc65)cc4)c(-c4ccccc4)c1-3)c1ccccc1N2c1cccc(-c2cc(-c3ccccc3)c3c(c2-c2ccccc2)-c2cccc4cccc-3c24)c1. The van der Waals surface area contributed by atoms with Crippen LogP contribution < -0.4 is 4.90 Å². The van der Waals surface area contributed by atoms with E-state index in [1.807, 2.05) is 0 Å². The highest BCUT2D eigenvalue weighted by atomic mass is 15.2. The molecule has 2 nitrogen and oxygen atoms in total. The van der Waals surface area contributed by atoms with Gasteiger partial charge in [-0.25, -0.2) is 0 Å². The minimum absolute atomic E-state index is 0.0642. The van der Waals surface area contributed by atoms with Crippen LogP contribution >= 0.6 is 0 Å². The molecule has 0 amide bonds. The van der Waals surface area contributed by atoms with Crippen molar-refractivity contribution < 1.29 is 0 Å². The Hall–Kier alpha value is -12.1. The van der Waals surface area contributed by atoms with Crippen LogP contribution in [-0.2, 0) is 0 Å². The number of hydrogen-bond acceptors (Lipinski definition) is 1.